The molecule has 1 aliphatic carbocycles. The van der Waals surface area contributed by atoms with E-state index in [1.54, 1.807) is 11.3 Å². The van der Waals surface area contributed by atoms with Crippen LogP contribution >= 0.6 is 22.9 Å². The normalized spacial score (nSPS) is 24.3. The molecular weight excluding hydrogens is 288 g/mol. The van der Waals surface area contributed by atoms with Gasteiger partial charge in [0, 0.05) is 5.38 Å². The average Bonchev–Trinajstić information content (AvgIpc) is 3.12. The second kappa shape index (κ2) is 6.33. The van der Waals surface area contributed by atoms with Crippen molar-refractivity contribution in [1.82, 2.24) is 9.88 Å². The molecule has 2 heterocycles. The molecule has 3 rings (SSSR count). The number of halogens is 1. The van der Waals surface area contributed by atoms with Crippen molar-refractivity contribution in [2.45, 2.75) is 63.8 Å². The van der Waals surface area contributed by atoms with E-state index >= 15 is 0 Å². The van der Waals surface area contributed by atoms with Gasteiger partial charge < -0.3 is 0 Å². The van der Waals surface area contributed by atoms with Crippen LogP contribution in [0.3, 0.4) is 0 Å². The zero-order chi connectivity index (χ0) is 14.0. The van der Waals surface area contributed by atoms with Crippen LogP contribution in [-0.4, -0.2) is 23.0 Å². The Hall–Kier alpha value is -0.120. The van der Waals surface area contributed by atoms with E-state index in [9.17, 15) is 0 Å². The summed E-state index contributed by atoms with van der Waals surface area (Å²) in [5.74, 6) is 0.538. The monoisotopic (exact) mass is 312 g/mol. The second-order valence-electron chi connectivity index (χ2n) is 6.48. The van der Waals surface area contributed by atoms with Gasteiger partial charge in [-0.1, -0.05) is 19.8 Å². The third-order valence-corrected chi connectivity index (χ3v) is 6.61. The minimum Gasteiger partial charge on any atom is -0.294 e. The molecule has 2 nitrogen and oxygen atoms in total. The molecular formula is C16H25ClN2S. The predicted molar refractivity (Wildman–Crippen MR) is 86.4 cm³/mol. The van der Waals surface area contributed by atoms with Gasteiger partial charge in [0.05, 0.1) is 17.6 Å². The Bertz CT molecular complexity index is 429. The molecule has 0 N–H and O–H groups in total. The van der Waals surface area contributed by atoms with Crippen LogP contribution in [0.25, 0.3) is 0 Å². The zero-order valence-electron chi connectivity index (χ0n) is 12.4. The van der Waals surface area contributed by atoms with Gasteiger partial charge in [0.15, 0.2) is 0 Å². The number of piperidine rings is 1. The van der Waals surface area contributed by atoms with Crippen molar-refractivity contribution in [3.8, 4) is 0 Å². The number of thiazole rings is 1. The summed E-state index contributed by atoms with van der Waals surface area (Å²) in [4.78, 5) is 7.38. The standard InChI is InChI=1S/C16H25ClN2S/c1-2-14(15-18-13(11-17)12-20-15)19-9-7-16(8-10-19)5-3-4-6-16/h12,14H,2-11H2,1H3. The van der Waals surface area contributed by atoms with Gasteiger partial charge in [0.25, 0.3) is 0 Å². The Morgan fingerprint density at radius 1 is 1.30 bits per heavy atom. The molecule has 2 fully saturated rings. The minimum atomic E-state index is 0.510. The van der Waals surface area contributed by atoms with Gasteiger partial charge in [-0.15, -0.1) is 22.9 Å². The predicted octanol–water partition coefficient (Wildman–Crippen LogP) is 4.99. The van der Waals surface area contributed by atoms with Gasteiger partial charge in [-0.05, 0) is 50.6 Å². The van der Waals surface area contributed by atoms with E-state index in [1.165, 1.54) is 56.6 Å². The highest BCUT2D eigenvalue weighted by molar-refractivity contribution is 7.09. The summed E-state index contributed by atoms with van der Waals surface area (Å²) in [7, 11) is 0. The molecule has 0 amide bonds. The summed E-state index contributed by atoms with van der Waals surface area (Å²) in [6.07, 6.45) is 9.83. The molecule has 0 radical (unpaired) electrons. The van der Waals surface area contributed by atoms with Gasteiger partial charge in [-0.3, -0.25) is 4.90 Å². The maximum atomic E-state index is 5.89. The summed E-state index contributed by atoms with van der Waals surface area (Å²) < 4.78 is 0. The highest BCUT2D eigenvalue weighted by atomic mass is 35.5. The Balaban J connectivity index is 1.65. The fourth-order valence-corrected chi connectivity index (χ4v) is 5.33. The Labute approximate surface area is 131 Å². The number of aromatic nitrogens is 1. The van der Waals surface area contributed by atoms with Crippen molar-refractivity contribution in [3.05, 3.63) is 16.1 Å². The molecule has 1 aromatic rings. The van der Waals surface area contributed by atoms with Crippen LogP contribution in [0.15, 0.2) is 5.38 Å². The molecule has 1 saturated carbocycles. The summed E-state index contributed by atoms with van der Waals surface area (Å²) >= 11 is 7.67. The van der Waals surface area contributed by atoms with Crippen LogP contribution in [0.5, 0.6) is 0 Å². The van der Waals surface area contributed by atoms with Crippen LogP contribution < -0.4 is 0 Å². The fraction of sp³-hybridized carbons (Fsp3) is 0.812. The summed E-state index contributed by atoms with van der Waals surface area (Å²) in [5.41, 5.74) is 1.74. The summed E-state index contributed by atoms with van der Waals surface area (Å²) in [6.45, 7) is 4.80. The summed E-state index contributed by atoms with van der Waals surface area (Å²) in [6, 6.07) is 0.510. The van der Waals surface area contributed by atoms with Crippen LogP contribution in [0.4, 0.5) is 0 Å². The third kappa shape index (κ3) is 2.90. The van der Waals surface area contributed by atoms with E-state index in [2.05, 4.69) is 17.2 Å². The average molecular weight is 313 g/mol. The van der Waals surface area contributed by atoms with Gasteiger partial charge in [0.2, 0.25) is 0 Å². The lowest BCUT2D eigenvalue weighted by atomic mass is 9.77. The number of nitrogens with zero attached hydrogens (tertiary/aromatic N) is 2. The smallest absolute Gasteiger partial charge is 0.110 e. The quantitative estimate of drug-likeness (QED) is 0.728. The molecule has 1 aliphatic heterocycles. The molecule has 1 atom stereocenters. The maximum Gasteiger partial charge on any atom is 0.110 e. The first-order valence-corrected chi connectivity index (χ1v) is 9.42. The van der Waals surface area contributed by atoms with Crippen molar-refractivity contribution in [1.29, 1.82) is 0 Å². The largest absolute Gasteiger partial charge is 0.294 e. The van der Waals surface area contributed by atoms with Gasteiger partial charge in [-0.25, -0.2) is 4.98 Å². The first-order chi connectivity index (χ1) is 9.76. The molecule has 1 spiro atoms. The SMILES string of the molecule is CCC(c1nc(CCl)cs1)N1CCC2(CCCC2)CC1. The van der Waals surface area contributed by atoms with Gasteiger partial charge in [0.1, 0.15) is 5.01 Å². The fourth-order valence-electron chi connectivity index (χ4n) is 4.06. The topological polar surface area (TPSA) is 16.1 Å². The van der Waals surface area contributed by atoms with E-state index in [0.29, 0.717) is 17.3 Å². The second-order valence-corrected chi connectivity index (χ2v) is 7.63. The first-order valence-electron chi connectivity index (χ1n) is 8.01. The number of alkyl halides is 1. The Morgan fingerprint density at radius 3 is 2.55 bits per heavy atom. The Morgan fingerprint density at radius 2 is 2.00 bits per heavy atom. The molecule has 1 aromatic heterocycles. The third-order valence-electron chi connectivity index (χ3n) is 5.34. The van der Waals surface area contributed by atoms with E-state index in [0.717, 1.165) is 12.1 Å². The molecule has 0 bridgehead atoms. The number of rotatable bonds is 4. The molecule has 1 saturated heterocycles. The number of likely N-dealkylation sites (tertiary alicyclic amines) is 1. The van der Waals surface area contributed by atoms with E-state index in [-0.39, 0.29) is 0 Å². The van der Waals surface area contributed by atoms with Crippen molar-refractivity contribution < 1.29 is 0 Å². The number of hydrogen-bond acceptors (Lipinski definition) is 3. The summed E-state index contributed by atoms with van der Waals surface area (Å²) in [5, 5.41) is 3.39. The van der Waals surface area contributed by atoms with Crippen LogP contribution in [0, 0.1) is 5.41 Å². The highest BCUT2D eigenvalue weighted by Crippen LogP contribution is 2.47. The Kier molecular flexibility index (Phi) is 4.68. The molecule has 1 unspecified atom stereocenters. The van der Waals surface area contributed by atoms with E-state index in [1.807, 2.05) is 0 Å². The van der Waals surface area contributed by atoms with Crippen LogP contribution in [-0.2, 0) is 5.88 Å². The maximum absolute atomic E-state index is 5.89. The zero-order valence-corrected chi connectivity index (χ0v) is 14.0. The van der Waals surface area contributed by atoms with Crippen LogP contribution in [0.1, 0.15) is 68.6 Å². The lowest BCUT2D eigenvalue weighted by Gasteiger charge is -2.42. The molecule has 0 aromatic carbocycles. The number of hydrogen-bond donors (Lipinski definition) is 0. The minimum absolute atomic E-state index is 0.510. The molecule has 2 aliphatic rings. The van der Waals surface area contributed by atoms with Crippen molar-refractivity contribution in [2.75, 3.05) is 13.1 Å². The molecule has 4 heteroatoms. The lowest BCUT2D eigenvalue weighted by Crippen LogP contribution is -2.40. The van der Waals surface area contributed by atoms with E-state index < -0.39 is 0 Å². The van der Waals surface area contributed by atoms with Gasteiger partial charge >= 0.3 is 0 Å². The van der Waals surface area contributed by atoms with Crippen LogP contribution in [0.2, 0.25) is 0 Å². The highest BCUT2D eigenvalue weighted by Gasteiger charge is 2.38. The first kappa shape index (κ1) is 14.8. The lowest BCUT2D eigenvalue weighted by molar-refractivity contribution is 0.0737. The van der Waals surface area contributed by atoms with Crippen molar-refractivity contribution in [3.63, 3.8) is 0 Å². The van der Waals surface area contributed by atoms with Gasteiger partial charge in [-0.2, -0.15) is 0 Å². The van der Waals surface area contributed by atoms with Crippen molar-refractivity contribution >= 4 is 22.9 Å². The van der Waals surface area contributed by atoms with E-state index in [4.69, 9.17) is 16.6 Å². The van der Waals surface area contributed by atoms with Crippen molar-refractivity contribution in [2.24, 2.45) is 5.41 Å². The molecule has 20 heavy (non-hydrogen) atoms. The molecule has 112 valence electrons.